The van der Waals surface area contributed by atoms with E-state index in [1.807, 2.05) is 4.90 Å². The average Bonchev–Trinajstić information content (AvgIpc) is 2.23. The second-order valence-electron chi connectivity index (χ2n) is 5.78. The molecule has 3 heteroatoms. The van der Waals surface area contributed by atoms with Crippen LogP contribution in [0.1, 0.15) is 48.0 Å². The molecule has 0 radical (unpaired) electrons. The third-order valence-electron chi connectivity index (χ3n) is 2.62. The molecule has 0 aromatic heterocycles. The molecular formula is C14H29NO2. The molecule has 0 aromatic carbocycles. The van der Waals surface area contributed by atoms with Gasteiger partial charge in [-0.1, -0.05) is 48.0 Å². The van der Waals surface area contributed by atoms with Crippen molar-refractivity contribution in [3.05, 3.63) is 0 Å². The van der Waals surface area contributed by atoms with Crippen molar-refractivity contribution in [2.45, 2.75) is 48.0 Å². The third kappa shape index (κ3) is 8.06. The number of carbonyl (C=O) groups excluding carboxylic acids is 1. The molecule has 0 aliphatic carbocycles. The molecule has 0 aromatic rings. The number of nitrogens with zero attached hydrogens (tertiary/aromatic N) is 1. The highest BCUT2D eigenvalue weighted by atomic mass is 16.6. The van der Waals surface area contributed by atoms with Gasteiger partial charge in [-0.3, -0.25) is 0 Å². The second-order valence-corrected chi connectivity index (χ2v) is 5.78. The van der Waals surface area contributed by atoms with E-state index in [1.165, 1.54) is 0 Å². The molecule has 0 bridgehead atoms. The van der Waals surface area contributed by atoms with Crippen LogP contribution >= 0.6 is 0 Å². The minimum Gasteiger partial charge on any atom is -0.449 e. The molecule has 0 N–H and O–H groups in total. The maximum absolute atomic E-state index is 11.9. The summed E-state index contributed by atoms with van der Waals surface area (Å²) in [7, 11) is 0. The van der Waals surface area contributed by atoms with Gasteiger partial charge in [0.15, 0.2) is 0 Å². The largest absolute Gasteiger partial charge is 0.449 e. The van der Waals surface area contributed by atoms with E-state index < -0.39 is 0 Å². The van der Waals surface area contributed by atoms with Crippen LogP contribution in [0.25, 0.3) is 0 Å². The van der Waals surface area contributed by atoms with Crippen molar-refractivity contribution in [1.82, 2.24) is 4.90 Å². The van der Waals surface area contributed by atoms with Gasteiger partial charge in [0.2, 0.25) is 0 Å². The lowest BCUT2D eigenvalue weighted by Crippen LogP contribution is -2.38. The fourth-order valence-corrected chi connectivity index (χ4v) is 1.53. The van der Waals surface area contributed by atoms with Gasteiger partial charge in [0.05, 0.1) is 6.61 Å². The van der Waals surface area contributed by atoms with Gasteiger partial charge in [0.1, 0.15) is 0 Å². The van der Waals surface area contributed by atoms with E-state index in [4.69, 9.17) is 4.74 Å². The molecule has 0 aliphatic rings. The molecule has 1 amide bonds. The van der Waals surface area contributed by atoms with Crippen molar-refractivity contribution in [1.29, 1.82) is 0 Å². The van der Waals surface area contributed by atoms with E-state index in [2.05, 4.69) is 41.5 Å². The summed E-state index contributed by atoms with van der Waals surface area (Å²) in [5.41, 5.74) is 0. The Hall–Kier alpha value is -0.730. The third-order valence-corrected chi connectivity index (χ3v) is 2.62. The molecule has 0 spiro atoms. The Balaban J connectivity index is 4.21. The molecule has 17 heavy (non-hydrogen) atoms. The van der Waals surface area contributed by atoms with E-state index in [9.17, 15) is 4.79 Å². The van der Waals surface area contributed by atoms with Gasteiger partial charge in [0.25, 0.3) is 0 Å². The van der Waals surface area contributed by atoms with Gasteiger partial charge >= 0.3 is 6.09 Å². The van der Waals surface area contributed by atoms with E-state index in [0.29, 0.717) is 24.4 Å². The van der Waals surface area contributed by atoms with Crippen molar-refractivity contribution in [2.24, 2.45) is 17.8 Å². The van der Waals surface area contributed by atoms with E-state index in [1.54, 1.807) is 0 Å². The van der Waals surface area contributed by atoms with E-state index in [-0.39, 0.29) is 6.09 Å². The molecule has 102 valence electrons. The zero-order valence-electron chi connectivity index (χ0n) is 12.3. The molecular weight excluding hydrogens is 214 g/mol. The molecule has 1 unspecified atom stereocenters. The topological polar surface area (TPSA) is 29.5 Å². The predicted octanol–water partition coefficient (Wildman–Crippen LogP) is 3.78. The summed E-state index contributed by atoms with van der Waals surface area (Å²) in [6.07, 6.45) is 0.884. The molecule has 0 saturated carbocycles. The van der Waals surface area contributed by atoms with Crippen molar-refractivity contribution < 1.29 is 9.53 Å². The molecule has 0 saturated heterocycles. The number of ether oxygens (including phenoxy) is 1. The highest BCUT2D eigenvalue weighted by Crippen LogP contribution is 2.08. The molecule has 0 heterocycles. The number of amides is 1. The van der Waals surface area contributed by atoms with Crippen LogP contribution < -0.4 is 0 Å². The summed E-state index contributed by atoms with van der Waals surface area (Å²) in [5, 5.41) is 0. The van der Waals surface area contributed by atoms with Crippen LogP contribution in [0.2, 0.25) is 0 Å². The van der Waals surface area contributed by atoms with Crippen LogP contribution in [0.15, 0.2) is 0 Å². The quantitative estimate of drug-likeness (QED) is 0.681. The maximum Gasteiger partial charge on any atom is 0.409 e. The average molecular weight is 243 g/mol. The molecule has 1 atom stereocenters. The number of hydrogen-bond acceptors (Lipinski definition) is 2. The van der Waals surface area contributed by atoms with Gasteiger partial charge in [-0.05, 0) is 17.8 Å². The molecule has 0 aliphatic heterocycles. The minimum atomic E-state index is -0.160. The lowest BCUT2D eigenvalue weighted by molar-refractivity contribution is 0.0814. The highest BCUT2D eigenvalue weighted by molar-refractivity contribution is 5.67. The molecule has 3 nitrogen and oxygen atoms in total. The fraction of sp³-hybridized carbons (Fsp3) is 0.929. The van der Waals surface area contributed by atoms with Crippen LogP contribution in [0, 0.1) is 17.8 Å². The van der Waals surface area contributed by atoms with Gasteiger partial charge in [-0.25, -0.2) is 4.79 Å². The van der Waals surface area contributed by atoms with Crippen molar-refractivity contribution in [3.8, 4) is 0 Å². The number of rotatable bonds is 7. The van der Waals surface area contributed by atoms with Gasteiger partial charge in [-0.2, -0.15) is 0 Å². The summed E-state index contributed by atoms with van der Waals surface area (Å²) in [6, 6.07) is 0. The van der Waals surface area contributed by atoms with E-state index in [0.717, 1.165) is 19.5 Å². The number of hydrogen-bond donors (Lipinski definition) is 0. The number of carbonyl (C=O) groups is 1. The van der Waals surface area contributed by atoms with Gasteiger partial charge in [0, 0.05) is 13.1 Å². The summed E-state index contributed by atoms with van der Waals surface area (Å²) in [5.74, 6) is 1.40. The molecule has 0 fully saturated rings. The second kappa shape index (κ2) is 8.37. The Morgan fingerprint density at radius 2 is 1.53 bits per heavy atom. The van der Waals surface area contributed by atoms with Crippen molar-refractivity contribution >= 4 is 6.09 Å². The van der Waals surface area contributed by atoms with Gasteiger partial charge < -0.3 is 9.64 Å². The Bertz CT molecular complexity index is 204. The van der Waals surface area contributed by atoms with E-state index >= 15 is 0 Å². The molecule has 0 rings (SSSR count). The van der Waals surface area contributed by atoms with Crippen LogP contribution in [-0.4, -0.2) is 30.7 Å². The Kier molecular flexibility index (Phi) is 8.01. The van der Waals surface area contributed by atoms with Crippen LogP contribution in [0.4, 0.5) is 4.79 Å². The zero-order chi connectivity index (χ0) is 13.4. The summed E-state index contributed by atoms with van der Waals surface area (Å²) < 4.78 is 5.35. The smallest absolute Gasteiger partial charge is 0.409 e. The van der Waals surface area contributed by atoms with Crippen LogP contribution in [0.3, 0.4) is 0 Å². The van der Waals surface area contributed by atoms with Gasteiger partial charge in [-0.15, -0.1) is 0 Å². The maximum atomic E-state index is 11.9. The standard InChI is InChI=1S/C14H29NO2/c1-7-13(6)10-17-14(16)15(8-11(2)3)9-12(4)5/h11-13H,7-10H2,1-6H3. The summed E-state index contributed by atoms with van der Waals surface area (Å²) >= 11 is 0. The summed E-state index contributed by atoms with van der Waals surface area (Å²) in [6.45, 7) is 14.8. The Labute approximate surface area is 107 Å². The fourth-order valence-electron chi connectivity index (χ4n) is 1.53. The normalized spacial score (nSPS) is 12.9. The van der Waals surface area contributed by atoms with Crippen molar-refractivity contribution in [2.75, 3.05) is 19.7 Å². The first-order valence-corrected chi connectivity index (χ1v) is 6.78. The Morgan fingerprint density at radius 1 is 1.06 bits per heavy atom. The lowest BCUT2D eigenvalue weighted by atomic mass is 10.1. The first-order valence-electron chi connectivity index (χ1n) is 6.78. The first kappa shape index (κ1) is 16.3. The van der Waals surface area contributed by atoms with Crippen molar-refractivity contribution in [3.63, 3.8) is 0 Å². The monoisotopic (exact) mass is 243 g/mol. The van der Waals surface area contributed by atoms with Crippen LogP contribution in [0.5, 0.6) is 0 Å². The predicted molar refractivity (Wildman–Crippen MR) is 72.1 cm³/mol. The minimum absolute atomic E-state index is 0.160. The first-order chi connectivity index (χ1) is 7.86. The van der Waals surface area contributed by atoms with Crippen LogP contribution in [-0.2, 0) is 4.74 Å². The lowest BCUT2D eigenvalue weighted by Gasteiger charge is -2.26. The SMILES string of the molecule is CCC(C)COC(=O)N(CC(C)C)CC(C)C. The zero-order valence-corrected chi connectivity index (χ0v) is 12.3. The Morgan fingerprint density at radius 3 is 1.88 bits per heavy atom. The summed E-state index contributed by atoms with van der Waals surface area (Å²) in [4.78, 5) is 13.8. The highest BCUT2D eigenvalue weighted by Gasteiger charge is 2.18.